The Hall–Kier alpha value is -5.18. The molecule has 0 amide bonds. The molecular weight excluding hydrogens is 522 g/mol. The third-order valence-corrected chi connectivity index (χ3v) is 7.12. The maximum atomic E-state index is 13.6. The van der Waals surface area contributed by atoms with Gasteiger partial charge in [0.1, 0.15) is 23.6 Å². The topological polar surface area (TPSA) is 127 Å². The van der Waals surface area contributed by atoms with Crippen LogP contribution >= 0.6 is 0 Å². The lowest BCUT2D eigenvalue weighted by Crippen LogP contribution is -2.32. The number of aryl methyl sites for hydroxylation is 2. The molecule has 6 rings (SSSR count). The summed E-state index contributed by atoms with van der Waals surface area (Å²) in [6.07, 6.45) is 0. The van der Waals surface area contributed by atoms with Gasteiger partial charge in [0.25, 0.3) is 0 Å². The molecule has 1 unspecified atom stereocenters. The first-order valence-electron chi connectivity index (χ1n) is 13.2. The van der Waals surface area contributed by atoms with E-state index in [-0.39, 0.29) is 41.8 Å². The highest BCUT2D eigenvalue weighted by Crippen LogP contribution is 2.44. The van der Waals surface area contributed by atoms with Crippen LogP contribution in [0.15, 0.2) is 87.4 Å². The second-order valence-electron chi connectivity index (χ2n) is 9.78. The van der Waals surface area contributed by atoms with E-state index in [0.717, 1.165) is 16.7 Å². The van der Waals surface area contributed by atoms with Crippen LogP contribution in [0.2, 0.25) is 0 Å². The normalized spacial score (nSPS) is 14.6. The predicted molar refractivity (Wildman–Crippen MR) is 153 cm³/mol. The van der Waals surface area contributed by atoms with E-state index >= 15 is 0 Å². The van der Waals surface area contributed by atoms with Gasteiger partial charge >= 0.3 is 11.6 Å². The van der Waals surface area contributed by atoms with Gasteiger partial charge in [-0.3, -0.25) is 0 Å². The number of carbonyl (C=O) groups excluding carboxylic acids is 1. The Balaban J connectivity index is 1.60. The van der Waals surface area contributed by atoms with Gasteiger partial charge in [-0.1, -0.05) is 42.5 Å². The summed E-state index contributed by atoms with van der Waals surface area (Å²) < 4.78 is 23.2. The van der Waals surface area contributed by atoms with Crippen LogP contribution in [0.4, 0.5) is 0 Å². The van der Waals surface area contributed by atoms with Crippen LogP contribution in [0, 0.1) is 13.8 Å². The van der Waals surface area contributed by atoms with Crippen molar-refractivity contribution in [2.24, 2.45) is 5.73 Å². The summed E-state index contributed by atoms with van der Waals surface area (Å²) in [7, 11) is 0. The lowest BCUT2D eigenvalue weighted by atomic mass is 9.87. The van der Waals surface area contributed by atoms with E-state index in [0.29, 0.717) is 27.8 Å². The van der Waals surface area contributed by atoms with Crippen LogP contribution in [0.5, 0.6) is 11.6 Å². The van der Waals surface area contributed by atoms with Crippen LogP contribution in [-0.4, -0.2) is 22.5 Å². The van der Waals surface area contributed by atoms with E-state index in [1.807, 2.05) is 74.5 Å². The molecule has 0 saturated carbocycles. The minimum absolute atomic E-state index is 0.0577. The summed E-state index contributed by atoms with van der Waals surface area (Å²) in [4.78, 5) is 36.4. The number of rotatable bonds is 6. The minimum Gasteiger partial charge on any atom is -0.472 e. The Morgan fingerprint density at radius 2 is 1.71 bits per heavy atom. The number of aromatic nitrogens is 2. The summed E-state index contributed by atoms with van der Waals surface area (Å²) in [5, 5.41) is 1.21. The third kappa shape index (κ3) is 4.65. The zero-order chi connectivity index (χ0) is 28.7. The van der Waals surface area contributed by atoms with Gasteiger partial charge in [0.15, 0.2) is 5.75 Å². The molecule has 206 valence electrons. The van der Waals surface area contributed by atoms with Crippen LogP contribution in [-0.2, 0) is 16.1 Å². The van der Waals surface area contributed by atoms with E-state index < -0.39 is 17.5 Å². The van der Waals surface area contributed by atoms with Crippen molar-refractivity contribution in [3.05, 3.63) is 117 Å². The van der Waals surface area contributed by atoms with Crippen molar-refractivity contribution in [1.82, 2.24) is 9.97 Å². The molecule has 0 saturated heterocycles. The first-order chi connectivity index (χ1) is 19.9. The van der Waals surface area contributed by atoms with E-state index in [1.54, 1.807) is 13.0 Å². The molecule has 9 nitrogen and oxygen atoms in total. The van der Waals surface area contributed by atoms with Gasteiger partial charge in [0.05, 0.1) is 34.4 Å². The van der Waals surface area contributed by atoms with Crippen LogP contribution < -0.4 is 20.8 Å². The number of benzene rings is 3. The molecule has 3 heterocycles. The fourth-order valence-electron chi connectivity index (χ4n) is 4.97. The highest BCUT2D eigenvalue weighted by atomic mass is 16.5. The third-order valence-electron chi connectivity index (χ3n) is 7.12. The highest BCUT2D eigenvalue weighted by Gasteiger charge is 2.41. The quantitative estimate of drug-likeness (QED) is 0.225. The number of esters is 1. The Morgan fingerprint density at radius 1 is 0.976 bits per heavy atom. The molecule has 5 aromatic rings. The second-order valence-corrected chi connectivity index (χ2v) is 9.78. The SMILES string of the molecule is CCOC(=O)C1=C(N)Oc2c(c(=O)oc3cc(C)c(C)cc23)C1c1nc(OCc2ccccc2)c2ccccc2n1. The molecule has 0 aliphatic carbocycles. The number of nitrogens with two attached hydrogens (primary N) is 1. The molecular formula is C32H27N3O6. The Bertz CT molecular complexity index is 1910. The summed E-state index contributed by atoms with van der Waals surface area (Å²) in [6, 6.07) is 20.6. The second kappa shape index (κ2) is 10.4. The fourth-order valence-corrected chi connectivity index (χ4v) is 4.97. The Morgan fingerprint density at radius 3 is 2.49 bits per heavy atom. The average Bonchev–Trinajstić information content (AvgIpc) is 2.97. The number of nitrogens with zero attached hydrogens (tertiary/aromatic N) is 2. The molecule has 0 radical (unpaired) electrons. The molecule has 0 spiro atoms. The van der Waals surface area contributed by atoms with Crippen molar-refractivity contribution in [2.45, 2.75) is 33.3 Å². The lowest BCUT2D eigenvalue weighted by Gasteiger charge is -2.27. The molecule has 1 aliphatic rings. The number of fused-ring (bicyclic) bond motifs is 4. The number of para-hydroxylation sites is 1. The molecule has 41 heavy (non-hydrogen) atoms. The van der Waals surface area contributed by atoms with E-state index in [2.05, 4.69) is 0 Å². The van der Waals surface area contributed by atoms with Gasteiger partial charge in [-0.15, -0.1) is 0 Å². The molecule has 9 heteroatoms. The fraction of sp³-hybridized carbons (Fsp3) is 0.188. The van der Waals surface area contributed by atoms with Gasteiger partial charge in [-0.05, 0) is 61.7 Å². The van der Waals surface area contributed by atoms with Gasteiger partial charge in [0, 0.05) is 0 Å². The van der Waals surface area contributed by atoms with E-state index in [4.69, 9.17) is 34.3 Å². The van der Waals surface area contributed by atoms with Crippen molar-refractivity contribution in [3.63, 3.8) is 0 Å². The zero-order valence-corrected chi connectivity index (χ0v) is 22.8. The largest absolute Gasteiger partial charge is 0.472 e. The molecule has 2 N–H and O–H groups in total. The van der Waals surface area contributed by atoms with Crippen molar-refractivity contribution >= 4 is 27.8 Å². The average molecular weight is 550 g/mol. The van der Waals surface area contributed by atoms with Gasteiger partial charge < -0.3 is 24.4 Å². The van der Waals surface area contributed by atoms with Crippen molar-refractivity contribution in [3.8, 4) is 11.6 Å². The highest BCUT2D eigenvalue weighted by molar-refractivity contribution is 5.95. The maximum Gasteiger partial charge on any atom is 0.344 e. The maximum absolute atomic E-state index is 13.6. The molecule has 3 aromatic carbocycles. The van der Waals surface area contributed by atoms with Crippen LogP contribution in [0.3, 0.4) is 0 Å². The van der Waals surface area contributed by atoms with E-state index in [9.17, 15) is 9.59 Å². The van der Waals surface area contributed by atoms with Gasteiger partial charge in [-0.25, -0.2) is 14.6 Å². The van der Waals surface area contributed by atoms with Gasteiger partial charge in [-0.2, -0.15) is 4.98 Å². The molecule has 0 fully saturated rings. The number of hydrogen-bond acceptors (Lipinski definition) is 9. The first-order valence-corrected chi connectivity index (χ1v) is 13.2. The monoisotopic (exact) mass is 549 g/mol. The molecule has 2 aromatic heterocycles. The van der Waals surface area contributed by atoms with Gasteiger partial charge in [0.2, 0.25) is 11.8 Å². The van der Waals surface area contributed by atoms with Crippen LogP contribution in [0.25, 0.3) is 21.9 Å². The zero-order valence-electron chi connectivity index (χ0n) is 22.8. The van der Waals surface area contributed by atoms with Crippen molar-refractivity contribution in [2.75, 3.05) is 6.61 Å². The summed E-state index contributed by atoms with van der Waals surface area (Å²) in [5.74, 6) is -1.47. The first kappa shape index (κ1) is 26.1. The number of ether oxygens (including phenoxy) is 3. The molecule has 1 atom stereocenters. The Labute approximate surface area is 235 Å². The van der Waals surface area contributed by atoms with Crippen molar-refractivity contribution < 1.29 is 23.4 Å². The smallest absolute Gasteiger partial charge is 0.344 e. The number of hydrogen-bond donors (Lipinski definition) is 1. The standard InChI is InChI=1S/C32H27N3O6/c1-4-38-31(36)26-24(25-27(41-28(26)33)21-14-17(2)18(3)15-23(21)40-32(25)37)29-34-22-13-9-8-12-20(22)30(35-29)39-16-19-10-6-5-7-11-19/h5-15,24H,4,16,33H2,1-3H3. The van der Waals surface area contributed by atoms with Crippen LogP contribution in [0.1, 0.15) is 40.9 Å². The predicted octanol–water partition coefficient (Wildman–Crippen LogP) is 5.19. The Kier molecular flexibility index (Phi) is 6.62. The molecule has 1 aliphatic heterocycles. The minimum atomic E-state index is -1.14. The summed E-state index contributed by atoms with van der Waals surface area (Å²) in [5.41, 5.74) is 9.42. The summed E-state index contributed by atoms with van der Waals surface area (Å²) >= 11 is 0. The van der Waals surface area contributed by atoms with E-state index in [1.165, 1.54) is 0 Å². The van der Waals surface area contributed by atoms with Crippen molar-refractivity contribution in [1.29, 1.82) is 0 Å². The summed E-state index contributed by atoms with van der Waals surface area (Å²) in [6.45, 7) is 5.88. The lowest BCUT2D eigenvalue weighted by molar-refractivity contribution is -0.139. The number of carbonyl (C=O) groups is 1. The molecule has 0 bridgehead atoms.